The van der Waals surface area contributed by atoms with Crippen molar-refractivity contribution in [1.29, 1.82) is 0 Å². The average Bonchev–Trinajstić information content (AvgIpc) is 3.45. The number of hydrogen-bond donors (Lipinski definition) is 5. The Morgan fingerprint density at radius 3 is 1.92 bits per heavy atom. The first-order chi connectivity index (χ1) is 23.3. The van der Waals surface area contributed by atoms with E-state index in [0.717, 1.165) is 4.57 Å². The zero-order valence-electron chi connectivity index (χ0n) is 31.9. The second-order valence-corrected chi connectivity index (χ2v) is 14.7. The highest BCUT2D eigenvalue weighted by atomic mass is 16.6. The van der Waals surface area contributed by atoms with E-state index in [0.29, 0.717) is 25.2 Å². The van der Waals surface area contributed by atoms with E-state index >= 15 is 0 Å². The van der Waals surface area contributed by atoms with Crippen LogP contribution in [0.3, 0.4) is 0 Å². The Balaban J connectivity index is 0.00000117. The van der Waals surface area contributed by atoms with Crippen LogP contribution >= 0.6 is 0 Å². The molecule has 8 N–H and O–H groups in total. The molecule has 17 heteroatoms. The summed E-state index contributed by atoms with van der Waals surface area (Å²) in [5.41, 5.74) is 16.0. The maximum absolute atomic E-state index is 12.7. The molecule has 1 unspecified atom stereocenters. The Hall–Kier alpha value is -4.09. The normalized spacial score (nSPS) is 15.1. The molecule has 0 bridgehead atoms. The smallest absolute Gasteiger partial charge is 0.419 e. The van der Waals surface area contributed by atoms with E-state index < -0.39 is 77.5 Å². The lowest BCUT2D eigenvalue weighted by molar-refractivity contribution is -0.163. The predicted molar refractivity (Wildman–Crippen MR) is 187 cm³/mol. The second-order valence-electron chi connectivity index (χ2n) is 14.7. The molecule has 292 valence electrons. The summed E-state index contributed by atoms with van der Waals surface area (Å²) in [6.07, 6.45) is 1.41. The van der Waals surface area contributed by atoms with Crippen LogP contribution in [0.25, 0.3) is 0 Å². The van der Waals surface area contributed by atoms with Crippen LogP contribution in [0.1, 0.15) is 108 Å². The highest BCUT2D eigenvalue weighted by molar-refractivity contribution is 5.92. The SMILES string of the molecule is CCC(N)C(=O)O[C@@H](CC(=O)O)[C@@H](N)CC(C)C.CC[C@H](C)[C@H](N)C(=O)OC(=O)[C@H](Cc1cn(C(=O)OC(C)(C)C)cn1)NC(=O)OC(C)(C)C. The van der Waals surface area contributed by atoms with Crippen molar-refractivity contribution in [2.24, 2.45) is 29.0 Å². The lowest BCUT2D eigenvalue weighted by Gasteiger charge is -2.25. The highest BCUT2D eigenvalue weighted by Gasteiger charge is 2.32. The third kappa shape index (κ3) is 19.8. The monoisotopic (exact) mass is 728 g/mol. The number of nitrogens with zero attached hydrogens (tertiary/aromatic N) is 2. The van der Waals surface area contributed by atoms with Crippen LogP contribution in [0.15, 0.2) is 12.5 Å². The molecule has 0 aliphatic carbocycles. The molecular weight excluding hydrogens is 668 g/mol. The van der Waals surface area contributed by atoms with Crippen molar-refractivity contribution in [2.45, 2.75) is 150 Å². The van der Waals surface area contributed by atoms with Crippen LogP contribution < -0.4 is 22.5 Å². The fraction of sp³-hybridized carbons (Fsp3) is 0.735. The number of amides is 1. The topological polar surface area (TPSA) is 267 Å². The summed E-state index contributed by atoms with van der Waals surface area (Å²) in [4.78, 5) is 75.8. The maximum Gasteiger partial charge on any atom is 0.419 e. The van der Waals surface area contributed by atoms with Crippen molar-refractivity contribution in [3.8, 4) is 0 Å². The lowest BCUT2D eigenvalue weighted by atomic mass is 9.98. The Kier molecular flexibility index (Phi) is 19.6. The zero-order chi connectivity index (χ0) is 39.9. The van der Waals surface area contributed by atoms with Crippen LogP contribution in [0.4, 0.5) is 9.59 Å². The first-order valence-corrected chi connectivity index (χ1v) is 17.0. The van der Waals surface area contributed by atoms with E-state index in [1.165, 1.54) is 12.5 Å². The predicted octanol–water partition coefficient (Wildman–Crippen LogP) is 3.03. The summed E-state index contributed by atoms with van der Waals surface area (Å²) in [5, 5.41) is 11.2. The minimum absolute atomic E-state index is 0.167. The van der Waals surface area contributed by atoms with E-state index in [1.807, 2.05) is 20.8 Å². The number of carboxylic acids is 1. The van der Waals surface area contributed by atoms with Crippen molar-refractivity contribution in [3.63, 3.8) is 0 Å². The van der Waals surface area contributed by atoms with Crippen LogP contribution in [-0.2, 0) is 44.5 Å². The Labute approximate surface area is 300 Å². The maximum atomic E-state index is 12.7. The number of hydrogen-bond acceptors (Lipinski definition) is 14. The Morgan fingerprint density at radius 2 is 1.45 bits per heavy atom. The number of alkyl carbamates (subject to hydrolysis) is 1. The Morgan fingerprint density at radius 1 is 0.882 bits per heavy atom. The van der Waals surface area contributed by atoms with Gasteiger partial charge in [-0.15, -0.1) is 0 Å². The van der Waals surface area contributed by atoms with Crippen LogP contribution in [0.5, 0.6) is 0 Å². The van der Waals surface area contributed by atoms with Gasteiger partial charge >= 0.3 is 36.1 Å². The summed E-state index contributed by atoms with van der Waals surface area (Å²) < 4.78 is 21.6. The Bertz CT molecular complexity index is 1300. The summed E-state index contributed by atoms with van der Waals surface area (Å²) in [6, 6.07) is -3.52. The molecule has 1 rings (SSSR count). The number of aliphatic carboxylic acids is 1. The minimum Gasteiger partial charge on any atom is -0.481 e. The molecule has 1 amide bonds. The molecule has 0 aromatic carbocycles. The molecule has 0 spiro atoms. The fourth-order valence-corrected chi connectivity index (χ4v) is 4.01. The van der Waals surface area contributed by atoms with Gasteiger partial charge in [-0.05, 0) is 66.2 Å². The molecule has 0 saturated carbocycles. The summed E-state index contributed by atoms with van der Waals surface area (Å²) in [5.74, 6) is -3.46. The van der Waals surface area contributed by atoms with E-state index in [9.17, 15) is 28.8 Å². The number of nitrogens with two attached hydrogens (primary N) is 3. The standard InChI is InChI=1S/C22H36N4O7.C12H24N2O4/c1-9-13(2)16(23)18(28)31-17(27)15(25-19(29)32-21(3,4)5)10-14-11-26(12-24-14)20(30)33-22(6,7)8;1-4-8(13)12(17)18-10(6-11(15)16)9(14)5-7(2)3/h11-13,15-16H,9-10,23H2,1-8H3,(H,25,29);7-10H,4-6,13-14H2,1-3H3,(H,15,16)/t13-,15-,16-;8?,9-,10-/m00/s1. The summed E-state index contributed by atoms with van der Waals surface area (Å²) in [6.45, 7) is 19.5. The molecule has 0 radical (unpaired) electrons. The van der Waals surface area contributed by atoms with Crippen molar-refractivity contribution < 1.29 is 52.8 Å². The van der Waals surface area contributed by atoms with Gasteiger partial charge in [0.2, 0.25) is 0 Å². The van der Waals surface area contributed by atoms with Crippen molar-refractivity contribution >= 4 is 36.1 Å². The number of esters is 3. The quantitative estimate of drug-likeness (QED) is 0.0987. The van der Waals surface area contributed by atoms with Gasteiger partial charge in [-0.1, -0.05) is 41.0 Å². The van der Waals surface area contributed by atoms with Crippen molar-refractivity contribution in [2.75, 3.05) is 0 Å². The number of nitrogens with one attached hydrogen (secondary N) is 1. The molecule has 1 aromatic heterocycles. The average molecular weight is 729 g/mol. The van der Waals surface area contributed by atoms with Crippen molar-refractivity contribution in [3.05, 3.63) is 18.2 Å². The summed E-state index contributed by atoms with van der Waals surface area (Å²) in [7, 11) is 0. The molecule has 1 aromatic rings. The van der Waals surface area contributed by atoms with Gasteiger partial charge in [-0.25, -0.2) is 28.7 Å². The van der Waals surface area contributed by atoms with E-state index in [1.54, 1.807) is 55.4 Å². The largest absolute Gasteiger partial charge is 0.481 e. The van der Waals surface area contributed by atoms with Gasteiger partial charge in [-0.3, -0.25) is 9.59 Å². The van der Waals surface area contributed by atoms with Crippen LogP contribution in [0.2, 0.25) is 0 Å². The van der Waals surface area contributed by atoms with Gasteiger partial charge in [0.15, 0.2) is 0 Å². The lowest BCUT2D eigenvalue weighted by Crippen LogP contribution is -2.48. The van der Waals surface area contributed by atoms with Crippen LogP contribution in [0, 0.1) is 11.8 Å². The third-order valence-electron chi connectivity index (χ3n) is 6.97. The number of rotatable bonds is 15. The molecule has 6 atom stereocenters. The first kappa shape index (κ1) is 46.9. The number of carbonyl (C=O) groups is 6. The fourth-order valence-electron chi connectivity index (χ4n) is 4.01. The molecule has 0 fully saturated rings. The van der Waals surface area contributed by atoms with Gasteiger partial charge in [0.25, 0.3) is 0 Å². The van der Waals surface area contributed by atoms with E-state index in [-0.39, 0.29) is 24.5 Å². The molecule has 0 aliphatic heterocycles. The molecule has 17 nitrogen and oxygen atoms in total. The van der Waals surface area contributed by atoms with Crippen molar-refractivity contribution in [1.82, 2.24) is 14.9 Å². The number of carbonyl (C=O) groups excluding carboxylic acids is 5. The van der Waals surface area contributed by atoms with E-state index in [2.05, 4.69) is 10.3 Å². The second kappa shape index (κ2) is 21.3. The number of carboxylic acid groups (broad SMARTS) is 1. The molecule has 0 aliphatic rings. The van der Waals surface area contributed by atoms with Gasteiger partial charge in [-0.2, -0.15) is 0 Å². The molecule has 51 heavy (non-hydrogen) atoms. The minimum atomic E-state index is -1.31. The molecule has 0 saturated heterocycles. The summed E-state index contributed by atoms with van der Waals surface area (Å²) >= 11 is 0. The molecular formula is C34H60N6O11. The zero-order valence-corrected chi connectivity index (χ0v) is 31.9. The highest BCUT2D eigenvalue weighted by Crippen LogP contribution is 2.15. The number of aromatic nitrogens is 2. The number of ether oxygens (including phenoxy) is 4. The van der Waals surface area contributed by atoms with Crippen LogP contribution in [-0.4, -0.2) is 92.2 Å². The molecule has 1 heterocycles. The van der Waals surface area contributed by atoms with Gasteiger partial charge in [0, 0.05) is 18.7 Å². The first-order valence-electron chi connectivity index (χ1n) is 17.0. The number of imidazole rings is 1. The third-order valence-corrected chi connectivity index (χ3v) is 6.97. The van der Waals surface area contributed by atoms with Gasteiger partial charge in [0.05, 0.1) is 12.1 Å². The van der Waals surface area contributed by atoms with Gasteiger partial charge < -0.3 is 46.6 Å². The van der Waals surface area contributed by atoms with E-state index in [4.69, 9.17) is 41.3 Å². The van der Waals surface area contributed by atoms with Gasteiger partial charge in [0.1, 0.15) is 41.8 Å².